The lowest BCUT2D eigenvalue weighted by Crippen LogP contribution is -2.46. The lowest BCUT2D eigenvalue weighted by atomic mass is 10.1. The highest BCUT2D eigenvalue weighted by Gasteiger charge is 2.41. The molecule has 9 nitrogen and oxygen atoms in total. The minimum Gasteiger partial charge on any atom is -0.452 e. The normalized spacial score (nSPS) is 18.6. The van der Waals surface area contributed by atoms with Crippen molar-refractivity contribution in [2.45, 2.75) is 17.4 Å². The number of methoxy groups -OCH3 is 1. The van der Waals surface area contributed by atoms with Gasteiger partial charge in [0.1, 0.15) is 5.54 Å². The number of urea groups is 1. The minimum absolute atomic E-state index is 0.229. The van der Waals surface area contributed by atoms with Crippen LogP contribution < -0.4 is 16.0 Å². The van der Waals surface area contributed by atoms with E-state index in [0.29, 0.717) is 18.0 Å². The Labute approximate surface area is 160 Å². The van der Waals surface area contributed by atoms with Gasteiger partial charge in [-0.3, -0.25) is 14.9 Å². The van der Waals surface area contributed by atoms with Crippen molar-refractivity contribution < 1.29 is 28.7 Å². The second kappa shape index (κ2) is 9.38. The monoisotopic (exact) mass is 395 g/mol. The fourth-order valence-corrected chi connectivity index (χ4v) is 3.35. The molecule has 1 aromatic rings. The summed E-state index contributed by atoms with van der Waals surface area (Å²) < 4.78 is 9.86. The number of carbonyl (C=O) groups is 4. The Morgan fingerprint density at radius 2 is 2.00 bits per heavy atom. The fourth-order valence-electron chi connectivity index (χ4n) is 2.22. The van der Waals surface area contributed by atoms with Gasteiger partial charge >= 0.3 is 12.0 Å². The molecule has 0 radical (unpaired) electrons. The van der Waals surface area contributed by atoms with Crippen molar-refractivity contribution in [1.29, 1.82) is 0 Å². The van der Waals surface area contributed by atoms with Gasteiger partial charge in [-0.25, -0.2) is 9.59 Å². The summed E-state index contributed by atoms with van der Waals surface area (Å²) in [5.74, 6) is -1.27. The van der Waals surface area contributed by atoms with E-state index in [4.69, 9.17) is 9.47 Å². The zero-order chi connectivity index (χ0) is 19.9. The maximum absolute atomic E-state index is 12.3. The molecule has 0 aromatic heterocycles. The highest BCUT2D eigenvalue weighted by molar-refractivity contribution is 7.99. The number of imide groups is 1. The number of benzene rings is 1. The first-order valence-electron chi connectivity index (χ1n) is 8.14. The van der Waals surface area contributed by atoms with E-state index in [2.05, 4.69) is 16.0 Å². The van der Waals surface area contributed by atoms with Gasteiger partial charge in [0, 0.05) is 24.3 Å². The van der Waals surface area contributed by atoms with Crippen molar-refractivity contribution in [3.63, 3.8) is 0 Å². The third-order valence-corrected chi connectivity index (χ3v) is 5.09. The number of rotatable bonds is 9. The molecule has 0 aliphatic carbocycles. The van der Waals surface area contributed by atoms with Crippen LogP contribution >= 0.6 is 11.8 Å². The Bertz CT molecular complexity index is 741. The van der Waals surface area contributed by atoms with Crippen LogP contribution in [0.4, 0.5) is 4.79 Å². The first-order chi connectivity index (χ1) is 12.9. The van der Waals surface area contributed by atoms with Crippen LogP contribution in [-0.4, -0.2) is 62.0 Å². The van der Waals surface area contributed by atoms with E-state index in [1.165, 1.54) is 18.9 Å². The van der Waals surface area contributed by atoms with Crippen LogP contribution in [0.1, 0.15) is 17.3 Å². The van der Waals surface area contributed by atoms with Gasteiger partial charge in [-0.05, 0) is 19.1 Å². The van der Waals surface area contributed by atoms with Crippen molar-refractivity contribution in [1.82, 2.24) is 16.0 Å². The minimum atomic E-state index is -1.07. The largest absolute Gasteiger partial charge is 0.452 e. The molecule has 1 atom stereocenters. The van der Waals surface area contributed by atoms with E-state index in [-0.39, 0.29) is 11.3 Å². The summed E-state index contributed by atoms with van der Waals surface area (Å²) in [6.07, 6.45) is 0. The Morgan fingerprint density at radius 3 is 2.67 bits per heavy atom. The van der Waals surface area contributed by atoms with E-state index in [1.54, 1.807) is 31.2 Å². The Balaban J connectivity index is 1.94. The lowest BCUT2D eigenvalue weighted by molar-refractivity contribution is -0.124. The number of hydrogen-bond donors (Lipinski definition) is 3. The molecule has 2 rings (SSSR count). The summed E-state index contributed by atoms with van der Waals surface area (Å²) >= 11 is 1.23. The maximum atomic E-state index is 12.3. The predicted molar refractivity (Wildman–Crippen MR) is 97.4 cm³/mol. The van der Waals surface area contributed by atoms with Crippen molar-refractivity contribution in [2.24, 2.45) is 0 Å². The molecule has 1 saturated heterocycles. The number of thioether (sulfide) groups is 1. The molecule has 3 N–H and O–H groups in total. The van der Waals surface area contributed by atoms with Crippen molar-refractivity contribution in [3.8, 4) is 0 Å². The van der Waals surface area contributed by atoms with Crippen LogP contribution in [-0.2, 0) is 19.1 Å². The van der Waals surface area contributed by atoms with Gasteiger partial charge in [-0.15, -0.1) is 11.8 Å². The summed E-state index contributed by atoms with van der Waals surface area (Å²) in [5.41, 5.74) is -0.791. The highest BCUT2D eigenvalue weighted by Crippen LogP contribution is 2.28. The third kappa shape index (κ3) is 5.69. The highest BCUT2D eigenvalue weighted by atomic mass is 32.2. The molecular formula is C17H21N3O6S. The zero-order valence-electron chi connectivity index (χ0n) is 15.0. The average molecular weight is 395 g/mol. The molecule has 27 heavy (non-hydrogen) atoms. The topological polar surface area (TPSA) is 123 Å². The van der Waals surface area contributed by atoms with E-state index < -0.39 is 36.0 Å². The Morgan fingerprint density at radius 1 is 1.26 bits per heavy atom. The van der Waals surface area contributed by atoms with Gasteiger partial charge in [0.2, 0.25) is 0 Å². The first kappa shape index (κ1) is 20.7. The first-order valence-corrected chi connectivity index (χ1v) is 9.12. The number of carbonyl (C=O) groups excluding carboxylic acids is 4. The number of amides is 4. The van der Waals surface area contributed by atoms with Crippen molar-refractivity contribution >= 4 is 35.6 Å². The molecule has 0 spiro atoms. The molecule has 1 aliphatic heterocycles. The molecule has 0 bridgehead atoms. The molecule has 1 aliphatic rings. The van der Waals surface area contributed by atoms with Crippen LogP contribution in [0.15, 0.2) is 29.2 Å². The Kier molecular flexibility index (Phi) is 7.19. The smallest absolute Gasteiger partial charge is 0.339 e. The molecule has 1 heterocycles. The lowest BCUT2D eigenvalue weighted by Gasteiger charge is -2.20. The molecule has 146 valence electrons. The third-order valence-electron chi connectivity index (χ3n) is 3.70. The van der Waals surface area contributed by atoms with Crippen LogP contribution in [0.3, 0.4) is 0 Å². The number of ether oxygens (including phenoxy) is 2. The molecule has 10 heteroatoms. The molecule has 0 unspecified atom stereocenters. The molecule has 1 aromatic carbocycles. The average Bonchev–Trinajstić information content (AvgIpc) is 2.90. The van der Waals surface area contributed by atoms with Crippen LogP contribution in [0.5, 0.6) is 0 Å². The van der Waals surface area contributed by atoms with E-state index in [1.807, 2.05) is 0 Å². The van der Waals surface area contributed by atoms with Gasteiger partial charge < -0.3 is 20.1 Å². The number of nitrogens with one attached hydrogen (secondary N) is 3. The summed E-state index contributed by atoms with van der Waals surface area (Å²) in [6.45, 7) is 1.89. The quantitative estimate of drug-likeness (QED) is 0.238. The van der Waals surface area contributed by atoms with E-state index in [9.17, 15) is 19.2 Å². The molecule has 1 fully saturated rings. The number of esters is 1. The van der Waals surface area contributed by atoms with Crippen LogP contribution in [0.2, 0.25) is 0 Å². The Hall–Kier alpha value is -2.59. The molecule has 4 amide bonds. The molecular weight excluding hydrogens is 374 g/mol. The van der Waals surface area contributed by atoms with Gasteiger partial charge in [-0.1, -0.05) is 12.1 Å². The summed E-state index contributed by atoms with van der Waals surface area (Å²) in [4.78, 5) is 47.7. The zero-order valence-corrected chi connectivity index (χ0v) is 15.8. The maximum Gasteiger partial charge on any atom is 0.339 e. The van der Waals surface area contributed by atoms with Gasteiger partial charge in [0.15, 0.2) is 6.61 Å². The van der Waals surface area contributed by atoms with Crippen LogP contribution in [0.25, 0.3) is 0 Å². The fraction of sp³-hybridized carbons (Fsp3) is 0.412. The van der Waals surface area contributed by atoms with Gasteiger partial charge in [0.05, 0.1) is 12.2 Å². The summed E-state index contributed by atoms with van der Waals surface area (Å²) in [7, 11) is 1.52. The predicted octanol–water partition coefficient (Wildman–Crippen LogP) is 0.296. The van der Waals surface area contributed by atoms with Crippen molar-refractivity contribution in [3.05, 3.63) is 29.8 Å². The van der Waals surface area contributed by atoms with Crippen molar-refractivity contribution in [2.75, 3.05) is 32.6 Å². The second-order valence-corrected chi connectivity index (χ2v) is 6.96. The van der Waals surface area contributed by atoms with Crippen LogP contribution in [0, 0.1) is 0 Å². The van der Waals surface area contributed by atoms with Gasteiger partial charge in [-0.2, -0.15) is 0 Å². The van der Waals surface area contributed by atoms with Gasteiger partial charge in [0.25, 0.3) is 11.8 Å². The standard InChI is InChI=1S/C17H21N3O6S/c1-17(15(23)19-16(24)20-17)10-27-12-6-4-3-5-11(12)14(22)26-9-13(21)18-7-8-25-2/h3-6H,7-10H2,1-2H3,(H,18,21)(H2,19,20,23,24)/t17-/m0/s1. The SMILES string of the molecule is COCCNC(=O)COC(=O)c1ccccc1SC[C@]1(C)NC(=O)NC1=O. The van der Waals surface area contributed by atoms with E-state index in [0.717, 1.165) is 0 Å². The summed E-state index contributed by atoms with van der Waals surface area (Å²) in [6, 6.07) is 6.15. The summed E-state index contributed by atoms with van der Waals surface area (Å²) in [5, 5.41) is 7.30. The molecule has 0 saturated carbocycles. The van der Waals surface area contributed by atoms with E-state index >= 15 is 0 Å². The second-order valence-electron chi connectivity index (χ2n) is 5.94. The number of hydrogen-bond acceptors (Lipinski definition) is 7.